The van der Waals surface area contributed by atoms with Gasteiger partial charge in [-0.05, 0) is 38.8 Å². The van der Waals surface area contributed by atoms with E-state index in [1.54, 1.807) is 0 Å². The molecular formula is C16H35NO2. The second-order valence-corrected chi connectivity index (χ2v) is 5.44. The molecule has 0 aliphatic carbocycles. The minimum atomic E-state index is 0.345. The van der Waals surface area contributed by atoms with E-state index in [0.717, 1.165) is 25.9 Å². The van der Waals surface area contributed by atoms with Crippen LogP contribution in [0.3, 0.4) is 0 Å². The van der Waals surface area contributed by atoms with Crippen molar-refractivity contribution in [1.82, 2.24) is 5.32 Å². The van der Waals surface area contributed by atoms with E-state index in [-0.39, 0.29) is 0 Å². The Labute approximate surface area is 119 Å². The second-order valence-electron chi connectivity index (χ2n) is 5.44. The number of rotatable bonds is 16. The Hall–Kier alpha value is -0.120. The highest BCUT2D eigenvalue weighted by atomic mass is 16.3. The van der Waals surface area contributed by atoms with Crippen LogP contribution in [0.4, 0.5) is 0 Å². The third kappa shape index (κ3) is 17.9. The highest BCUT2D eigenvalue weighted by Crippen LogP contribution is 2.06. The largest absolute Gasteiger partial charge is 0.396 e. The summed E-state index contributed by atoms with van der Waals surface area (Å²) in [4.78, 5) is 0. The molecule has 0 aromatic heterocycles. The molecule has 116 valence electrons. The van der Waals surface area contributed by atoms with E-state index in [1.807, 2.05) is 0 Å². The molecule has 19 heavy (non-hydrogen) atoms. The Morgan fingerprint density at radius 2 is 0.737 bits per heavy atom. The predicted molar refractivity (Wildman–Crippen MR) is 82.4 cm³/mol. The van der Waals surface area contributed by atoms with E-state index in [1.165, 1.54) is 64.2 Å². The number of nitrogens with one attached hydrogen (secondary N) is 1. The van der Waals surface area contributed by atoms with Crippen LogP contribution in [0.5, 0.6) is 0 Å². The molecule has 0 spiro atoms. The number of aliphatic hydroxyl groups is 2. The molecule has 0 saturated heterocycles. The molecule has 0 saturated carbocycles. The molecule has 0 radical (unpaired) electrons. The normalized spacial score (nSPS) is 11.1. The molecule has 0 aliphatic rings. The van der Waals surface area contributed by atoms with Gasteiger partial charge in [0.25, 0.3) is 0 Å². The lowest BCUT2D eigenvalue weighted by atomic mass is 10.1. The maximum atomic E-state index is 8.65. The summed E-state index contributed by atoms with van der Waals surface area (Å²) in [6.45, 7) is 3.01. The Kier molecular flexibility index (Phi) is 17.8. The van der Waals surface area contributed by atoms with Crippen LogP contribution in [-0.2, 0) is 0 Å². The van der Waals surface area contributed by atoms with E-state index >= 15 is 0 Å². The van der Waals surface area contributed by atoms with Gasteiger partial charge in [0.15, 0.2) is 0 Å². The van der Waals surface area contributed by atoms with Crippen LogP contribution in [0, 0.1) is 0 Å². The van der Waals surface area contributed by atoms with Crippen molar-refractivity contribution in [3.63, 3.8) is 0 Å². The number of unbranched alkanes of at least 4 members (excludes halogenated alkanes) is 10. The fourth-order valence-corrected chi connectivity index (χ4v) is 2.26. The first-order chi connectivity index (χ1) is 9.41. The SMILES string of the molecule is OCCCCCCCCCNCCCCCCCO. The Morgan fingerprint density at radius 1 is 0.421 bits per heavy atom. The van der Waals surface area contributed by atoms with Gasteiger partial charge >= 0.3 is 0 Å². The van der Waals surface area contributed by atoms with Gasteiger partial charge in [-0.3, -0.25) is 0 Å². The summed E-state index contributed by atoms with van der Waals surface area (Å²) in [5, 5.41) is 20.8. The molecule has 0 rings (SSSR count). The van der Waals surface area contributed by atoms with Crippen molar-refractivity contribution in [2.75, 3.05) is 26.3 Å². The minimum absolute atomic E-state index is 0.345. The van der Waals surface area contributed by atoms with E-state index in [0.29, 0.717) is 13.2 Å². The fraction of sp³-hybridized carbons (Fsp3) is 1.00. The summed E-state index contributed by atoms with van der Waals surface area (Å²) in [6, 6.07) is 0. The number of aliphatic hydroxyl groups excluding tert-OH is 2. The van der Waals surface area contributed by atoms with Crippen molar-refractivity contribution >= 4 is 0 Å². The summed E-state index contributed by atoms with van der Waals surface area (Å²) in [5.41, 5.74) is 0. The summed E-state index contributed by atoms with van der Waals surface area (Å²) >= 11 is 0. The molecule has 0 heterocycles. The average Bonchev–Trinajstić information content (AvgIpc) is 2.43. The molecule has 0 bridgehead atoms. The van der Waals surface area contributed by atoms with E-state index in [2.05, 4.69) is 5.32 Å². The van der Waals surface area contributed by atoms with Gasteiger partial charge in [0.2, 0.25) is 0 Å². The molecule has 3 heteroatoms. The van der Waals surface area contributed by atoms with Gasteiger partial charge in [0.05, 0.1) is 0 Å². The van der Waals surface area contributed by atoms with Crippen LogP contribution in [-0.4, -0.2) is 36.5 Å². The third-order valence-corrected chi connectivity index (χ3v) is 3.52. The minimum Gasteiger partial charge on any atom is -0.396 e. The second kappa shape index (κ2) is 17.9. The topological polar surface area (TPSA) is 52.5 Å². The third-order valence-electron chi connectivity index (χ3n) is 3.52. The van der Waals surface area contributed by atoms with Crippen molar-refractivity contribution in [2.45, 2.75) is 77.0 Å². The maximum Gasteiger partial charge on any atom is 0.0431 e. The van der Waals surface area contributed by atoms with E-state index < -0.39 is 0 Å². The first-order valence-corrected chi connectivity index (χ1v) is 8.34. The zero-order valence-electron chi connectivity index (χ0n) is 12.7. The summed E-state index contributed by atoms with van der Waals surface area (Å²) in [7, 11) is 0. The first kappa shape index (κ1) is 18.9. The lowest BCUT2D eigenvalue weighted by Gasteiger charge is -2.05. The fourth-order valence-electron chi connectivity index (χ4n) is 2.26. The molecule has 0 amide bonds. The van der Waals surface area contributed by atoms with E-state index in [9.17, 15) is 0 Å². The van der Waals surface area contributed by atoms with Crippen molar-refractivity contribution in [3.05, 3.63) is 0 Å². The number of hydrogen-bond acceptors (Lipinski definition) is 3. The molecule has 0 fully saturated rings. The first-order valence-electron chi connectivity index (χ1n) is 8.34. The van der Waals surface area contributed by atoms with Crippen molar-refractivity contribution in [1.29, 1.82) is 0 Å². The molecule has 0 atom stereocenters. The van der Waals surface area contributed by atoms with Crippen molar-refractivity contribution in [2.24, 2.45) is 0 Å². The van der Waals surface area contributed by atoms with Gasteiger partial charge in [-0.25, -0.2) is 0 Å². The van der Waals surface area contributed by atoms with Gasteiger partial charge in [-0.1, -0.05) is 51.4 Å². The highest BCUT2D eigenvalue weighted by molar-refractivity contribution is 4.51. The lowest BCUT2D eigenvalue weighted by molar-refractivity contribution is 0.282. The quantitative estimate of drug-likeness (QED) is 0.378. The zero-order chi connectivity index (χ0) is 14.0. The molecule has 0 aromatic rings. The standard InChI is InChI=1S/C16H35NO2/c18-15-11-7-3-1-2-5-9-13-17-14-10-6-4-8-12-16-19/h17-19H,1-16H2. The Bertz CT molecular complexity index is 138. The molecule has 3 nitrogen and oxygen atoms in total. The van der Waals surface area contributed by atoms with Gasteiger partial charge in [-0.15, -0.1) is 0 Å². The van der Waals surface area contributed by atoms with Gasteiger partial charge in [-0.2, -0.15) is 0 Å². The molecular weight excluding hydrogens is 238 g/mol. The zero-order valence-corrected chi connectivity index (χ0v) is 12.7. The van der Waals surface area contributed by atoms with Gasteiger partial charge in [0.1, 0.15) is 0 Å². The average molecular weight is 273 g/mol. The summed E-state index contributed by atoms with van der Waals surface area (Å²) < 4.78 is 0. The molecule has 0 aliphatic heterocycles. The van der Waals surface area contributed by atoms with Crippen LogP contribution in [0.1, 0.15) is 77.0 Å². The van der Waals surface area contributed by atoms with Gasteiger partial charge in [0, 0.05) is 13.2 Å². The van der Waals surface area contributed by atoms with Crippen LogP contribution >= 0.6 is 0 Å². The van der Waals surface area contributed by atoms with Crippen LogP contribution in [0.25, 0.3) is 0 Å². The van der Waals surface area contributed by atoms with Crippen LogP contribution in [0.15, 0.2) is 0 Å². The highest BCUT2D eigenvalue weighted by Gasteiger charge is 1.93. The summed E-state index contributed by atoms with van der Waals surface area (Å²) in [6.07, 6.45) is 14.7. The monoisotopic (exact) mass is 273 g/mol. The molecule has 0 aromatic carbocycles. The Morgan fingerprint density at radius 3 is 1.11 bits per heavy atom. The molecule has 3 N–H and O–H groups in total. The van der Waals surface area contributed by atoms with Gasteiger partial charge < -0.3 is 15.5 Å². The van der Waals surface area contributed by atoms with E-state index in [4.69, 9.17) is 10.2 Å². The van der Waals surface area contributed by atoms with Crippen LogP contribution in [0.2, 0.25) is 0 Å². The Balaban J connectivity index is 2.88. The maximum absolute atomic E-state index is 8.65. The smallest absolute Gasteiger partial charge is 0.0431 e. The summed E-state index contributed by atoms with van der Waals surface area (Å²) in [5.74, 6) is 0. The van der Waals surface area contributed by atoms with Crippen molar-refractivity contribution in [3.8, 4) is 0 Å². The van der Waals surface area contributed by atoms with Crippen LogP contribution < -0.4 is 5.32 Å². The molecule has 0 unspecified atom stereocenters. The number of hydrogen-bond donors (Lipinski definition) is 3. The predicted octanol–water partition coefficient (Wildman–Crippen LogP) is 3.24. The lowest BCUT2D eigenvalue weighted by Crippen LogP contribution is -2.16. The van der Waals surface area contributed by atoms with Crippen molar-refractivity contribution < 1.29 is 10.2 Å².